The first-order valence-electron chi connectivity index (χ1n) is 12.6. The van der Waals surface area contributed by atoms with Crippen molar-refractivity contribution < 1.29 is 13.9 Å². The minimum Gasteiger partial charge on any atom is -0.450 e. The first-order chi connectivity index (χ1) is 16.9. The molecule has 0 saturated heterocycles. The lowest BCUT2D eigenvalue weighted by atomic mass is 9.57. The molecule has 2 aromatic rings. The third-order valence-corrected chi connectivity index (χ3v) is 7.90. The Labute approximate surface area is 206 Å². The minimum absolute atomic E-state index is 0.0866. The number of rotatable bonds is 5. The molecular formula is C28H33FN4O2. The number of amides is 1. The number of ether oxygens (including phenoxy) is 1. The summed E-state index contributed by atoms with van der Waals surface area (Å²) in [6.45, 7) is 4.47. The van der Waals surface area contributed by atoms with E-state index in [1.165, 1.54) is 12.1 Å². The third kappa shape index (κ3) is 4.95. The molecule has 1 aromatic carbocycles. The van der Waals surface area contributed by atoms with Crippen LogP contribution in [0.4, 0.5) is 9.18 Å². The van der Waals surface area contributed by atoms with E-state index in [1.807, 2.05) is 31.5 Å². The summed E-state index contributed by atoms with van der Waals surface area (Å²) in [5.74, 6) is 1.04. The summed E-state index contributed by atoms with van der Waals surface area (Å²) < 4.78 is 18.7. The standard InChI is InChI=1S/C28H33FN4O2/c1-3-35-27(34)33-23-10-11-24-20(14-23)15-28(2)26(31-17-32-28)25(24)12-9-22-8-7-19(16-30-22)18-5-4-6-21(29)13-18/h4-9,12-13,16-17,20,23-26H,3,10-11,14-15H2,1-2H3,(H,31,32)(H,33,34)/b12-9+/t20-,23+,24+,25-,26?,28?/m0/s1. The summed E-state index contributed by atoms with van der Waals surface area (Å²) >= 11 is 0. The summed E-state index contributed by atoms with van der Waals surface area (Å²) in [5, 5.41) is 6.57. The number of benzene rings is 1. The number of carbonyl (C=O) groups excluding carboxylic acids is 1. The fourth-order valence-electron chi connectivity index (χ4n) is 6.30. The SMILES string of the molecule is CCOC(=O)N[C@@H]1CC[C@@H]2[C@@H](C1)CC1(C)NC=NC1[C@H]2/C=C/c1ccc(-c2cccc(F)c2)cn1. The van der Waals surface area contributed by atoms with Crippen LogP contribution in [0.15, 0.2) is 53.7 Å². The highest BCUT2D eigenvalue weighted by Crippen LogP contribution is 2.50. The van der Waals surface area contributed by atoms with Gasteiger partial charge in [-0.15, -0.1) is 0 Å². The molecule has 3 aliphatic rings. The Kier molecular flexibility index (Phi) is 6.58. The van der Waals surface area contributed by atoms with Gasteiger partial charge in [-0.2, -0.15) is 0 Å². The molecule has 0 bridgehead atoms. The molecule has 1 aromatic heterocycles. The Hall–Kier alpha value is -3.22. The van der Waals surface area contributed by atoms with Gasteiger partial charge in [-0.1, -0.05) is 24.3 Å². The molecular weight excluding hydrogens is 443 g/mol. The maximum atomic E-state index is 13.6. The highest BCUT2D eigenvalue weighted by Gasteiger charge is 2.52. The van der Waals surface area contributed by atoms with Gasteiger partial charge in [0, 0.05) is 23.7 Å². The van der Waals surface area contributed by atoms with Gasteiger partial charge in [-0.05, 0) is 81.2 Å². The van der Waals surface area contributed by atoms with Gasteiger partial charge < -0.3 is 15.4 Å². The van der Waals surface area contributed by atoms with Crippen LogP contribution in [0.5, 0.6) is 0 Å². The molecule has 5 rings (SSSR count). The lowest BCUT2D eigenvalue weighted by molar-refractivity contribution is 0.0475. The van der Waals surface area contributed by atoms with E-state index >= 15 is 0 Å². The number of halogens is 1. The van der Waals surface area contributed by atoms with Crippen molar-refractivity contribution in [2.75, 3.05) is 6.61 Å². The zero-order valence-electron chi connectivity index (χ0n) is 20.3. The fraction of sp³-hybridized carbons (Fsp3) is 0.464. The first-order valence-corrected chi connectivity index (χ1v) is 12.6. The van der Waals surface area contributed by atoms with E-state index in [0.717, 1.165) is 42.5 Å². The van der Waals surface area contributed by atoms with Gasteiger partial charge >= 0.3 is 6.09 Å². The molecule has 2 fully saturated rings. The van der Waals surface area contributed by atoms with Gasteiger partial charge in [0.2, 0.25) is 0 Å². The van der Waals surface area contributed by atoms with E-state index in [2.05, 4.69) is 34.7 Å². The number of aliphatic imine (C=N–C) groups is 1. The summed E-state index contributed by atoms with van der Waals surface area (Å²) in [4.78, 5) is 21.4. The molecule has 0 radical (unpaired) electrons. The van der Waals surface area contributed by atoms with Gasteiger partial charge in [-0.25, -0.2) is 9.18 Å². The Morgan fingerprint density at radius 3 is 2.94 bits per heavy atom. The molecule has 6 nitrogen and oxygen atoms in total. The average Bonchev–Trinajstić information content (AvgIpc) is 3.23. The van der Waals surface area contributed by atoms with Crippen LogP contribution in [0.3, 0.4) is 0 Å². The molecule has 35 heavy (non-hydrogen) atoms. The fourth-order valence-corrected chi connectivity index (χ4v) is 6.30. The van der Waals surface area contributed by atoms with Crippen molar-refractivity contribution >= 4 is 18.5 Å². The molecule has 2 unspecified atom stereocenters. The van der Waals surface area contributed by atoms with Crippen LogP contribution in [0.2, 0.25) is 0 Å². The van der Waals surface area contributed by atoms with Gasteiger partial charge in [0.05, 0.1) is 30.2 Å². The molecule has 2 aliphatic carbocycles. The third-order valence-electron chi connectivity index (χ3n) is 7.90. The highest BCUT2D eigenvalue weighted by atomic mass is 19.1. The molecule has 2 N–H and O–H groups in total. The second-order valence-electron chi connectivity index (χ2n) is 10.2. The van der Waals surface area contributed by atoms with Crippen molar-refractivity contribution in [3.63, 3.8) is 0 Å². The number of fused-ring (bicyclic) bond motifs is 2. The quantitative estimate of drug-likeness (QED) is 0.621. The number of carbonyl (C=O) groups is 1. The Morgan fingerprint density at radius 1 is 1.29 bits per heavy atom. The topological polar surface area (TPSA) is 75.6 Å². The predicted molar refractivity (Wildman–Crippen MR) is 135 cm³/mol. The second kappa shape index (κ2) is 9.80. The Balaban J connectivity index is 1.32. The van der Waals surface area contributed by atoms with Crippen molar-refractivity contribution in [1.82, 2.24) is 15.6 Å². The second-order valence-corrected chi connectivity index (χ2v) is 10.2. The van der Waals surface area contributed by atoms with Crippen LogP contribution < -0.4 is 10.6 Å². The van der Waals surface area contributed by atoms with E-state index in [-0.39, 0.29) is 29.5 Å². The maximum Gasteiger partial charge on any atom is 0.407 e. The molecule has 2 saturated carbocycles. The van der Waals surface area contributed by atoms with E-state index in [1.54, 1.807) is 12.3 Å². The summed E-state index contributed by atoms with van der Waals surface area (Å²) in [7, 11) is 0. The van der Waals surface area contributed by atoms with Crippen LogP contribution in [0.1, 0.15) is 45.2 Å². The zero-order valence-corrected chi connectivity index (χ0v) is 20.3. The largest absolute Gasteiger partial charge is 0.450 e. The molecule has 2 heterocycles. The molecule has 6 atom stereocenters. The number of hydrogen-bond acceptors (Lipinski definition) is 5. The maximum absolute atomic E-state index is 13.6. The molecule has 1 aliphatic heterocycles. The Bertz CT molecular complexity index is 1120. The van der Waals surface area contributed by atoms with Crippen LogP contribution in [-0.2, 0) is 4.74 Å². The highest BCUT2D eigenvalue weighted by molar-refractivity contribution is 5.67. The van der Waals surface area contributed by atoms with Crippen LogP contribution >= 0.6 is 0 Å². The van der Waals surface area contributed by atoms with Crippen molar-refractivity contribution in [2.24, 2.45) is 22.7 Å². The van der Waals surface area contributed by atoms with Crippen molar-refractivity contribution in [1.29, 1.82) is 0 Å². The van der Waals surface area contributed by atoms with E-state index in [9.17, 15) is 9.18 Å². The van der Waals surface area contributed by atoms with Crippen molar-refractivity contribution in [2.45, 2.75) is 57.2 Å². The summed E-state index contributed by atoms with van der Waals surface area (Å²) in [5.41, 5.74) is 2.50. The number of nitrogens with zero attached hydrogens (tertiary/aromatic N) is 2. The molecule has 7 heteroatoms. The van der Waals surface area contributed by atoms with Crippen molar-refractivity contribution in [3.05, 3.63) is 60.2 Å². The monoisotopic (exact) mass is 476 g/mol. The number of alkyl carbamates (subject to hydrolysis) is 1. The van der Waals surface area contributed by atoms with E-state index in [4.69, 9.17) is 9.73 Å². The van der Waals surface area contributed by atoms with E-state index < -0.39 is 0 Å². The average molecular weight is 477 g/mol. The normalized spacial score (nSPS) is 31.5. The number of hydrogen-bond donors (Lipinski definition) is 2. The van der Waals surface area contributed by atoms with Crippen LogP contribution in [-0.4, -0.2) is 41.6 Å². The molecule has 184 valence electrons. The smallest absolute Gasteiger partial charge is 0.407 e. The predicted octanol–water partition coefficient (Wildman–Crippen LogP) is 5.21. The van der Waals surface area contributed by atoms with E-state index in [0.29, 0.717) is 24.4 Å². The van der Waals surface area contributed by atoms with Gasteiger partial charge in [-0.3, -0.25) is 9.98 Å². The lowest BCUT2D eigenvalue weighted by Gasteiger charge is -2.51. The van der Waals surface area contributed by atoms with Crippen molar-refractivity contribution in [3.8, 4) is 11.1 Å². The van der Waals surface area contributed by atoms with Gasteiger partial charge in [0.15, 0.2) is 0 Å². The Morgan fingerprint density at radius 2 is 2.17 bits per heavy atom. The first kappa shape index (κ1) is 23.5. The number of pyridine rings is 1. The lowest BCUT2D eigenvalue weighted by Crippen LogP contribution is -2.58. The van der Waals surface area contributed by atoms with Crippen LogP contribution in [0.25, 0.3) is 17.2 Å². The van der Waals surface area contributed by atoms with Gasteiger partial charge in [0.1, 0.15) is 5.82 Å². The van der Waals surface area contributed by atoms with Gasteiger partial charge in [0.25, 0.3) is 0 Å². The minimum atomic E-state index is -0.317. The molecule has 0 spiro atoms. The summed E-state index contributed by atoms with van der Waals surface area (Å²) in [6, 6.07) is 10.9. The summed E-state index contributed by atoms with van der Waals surface area (Å²) in [6.07, 6.45) is 11.7. The molecule has 1 amide bonds. The zero-order chi connectivity index (χ0) is 24.4. The number of nitrogens with one attached hydrogen (secondary N) is 2. The van der Waals surface area contributed by atoms with Crippen LogP contribution in [0, 0.1) is 23.6 Å². The number of aromatic nitrogens is 1.